The second-order valence-corrected chi connectivity index (χ2v) is 6.24. The van der Waals surface area contributed by atoms with Gasteiger partial charge in [-0.3, -0.25) is 9.59 Å². The fraction of sp³-hybridized carbons (Fsp3) is 0.529. The van der Waals surface area contributed by atoms with E-state index in [1.54, 1.807) is 11.0 Å². The van der Waals surface area contributed by atoms with Crippen LogP contribution >= 0.6 is 0 Å². The summed E-state index contributed by atoms with van der Waals surface area (Å²) in [7, 11) is 1.48. The molecule has 7 heteroatoms. The Kier molecular flexibility index (Phi) is 4.62. The average molecular weight is 335 g/mol. The number of hydrogen-bond donors (Lipinski definition) is 1. The Hall–Kier alpha value is -2.28. The number of carbonyl (C=O) groups is 2. The van der Waals surface area contributed by atoms with E-state index in [2.05, 4.69) is 0 Å². The van der Waals surface area contributed by atoms with E-state index in [1.807, 2.05) is 12.1 Å². The topological polar surface area (TPSA) is 85.3 Å². The molecule has 1 saturated heterocycles. The Labute approximate surface area is 140 Å². The van der Waals surface area contributed by atoms with Crippen molar-refractivity contribution in [3.8, 4) is 11.5 Å². The van der Waals surface area contributed by atoms with E-state index in [9.17, 15) is 14.7 Å². The number of nitrogens with zero attached hydrogens (tertiary/aromatic N) is 1. The van der Waals surface area contributed by atoms with Gasteiger partial charge < -0.3 is 24.2 Å². The van der Waals surface area contributed by atoms with Gasteiger partial charge in [-0.2, -0.15) is 0 Å². The lowest BCUT2D eigenvalue weighted by Gasteiger charge is -2.24. The number of amides is 1. The number of carboxylic acids is 1. The van der Waals surface area contributed by atoms with Crippen LogP contribution in [0.15, 0.2) is 18.2 Å². The second-order valence-electron chi connectivity index (χ2n) is 6.24. The van der Waals surface area contributed by atoms with Gasteiger partial charge in [-0.05, 0) is 24.1 Å². The molecule has 0 aromatic heterocycles. The lowest BCUT2D eigenvalue weighted by atomic mass is 9.88. The standard InChI is InChI=1S/C17H21NO6/c1-22-11-17(16(20)21)4-5-18(10-17)15(19)9-12-2-3-13-14(8-12)24-7-6-23-13/h2-3,8H,4-7,9-11H2,1H3,(H,20,21)/t17-/m0/s1. The van der Waals surface area contributed by atoms with Crippen LogP contribution in [-0.2, 0) is 20.7 Å². The van der Waals surface area contributed by atoms with Crippen LogP contribution in [0.3, 0.4) is 0 Å². The predicted molar refractivity (Wildman–Crippen MR) is 84.3 cm³/mol. The first-order chi connectivity index (χ1) is 11.5. The first-order valence-corrected chi connectivity index (χ1v) is 7.93. The van der Waals surface area contributed by atoms with Gasteiger partial charge in [-0.1, -0.05) is 6.07 Å². The van der Waals surface area contributed by atoms with Crippen LogP contribution in [0.4, 0.5) is 0 Å². The molecular formula is C17H21NO6. The van der Waals surface area contributed by atoms with Gasteiger partial charge in [0, 0.05) is 20.2 Å². The minimum atomic E-state index is -1.00. The summed E-state index contributed by atoms with van der Waals surface area (Å²) in [6.07, 6.45) is 0.613. The van der Waals surface area contributed by atoms with Crippen molar-refractivity contribution in [3.63, 3.8) is 0 Å². The third-order valence-electron chi connectivity index (χ3n) is 4.54. The van der Waals surface area contributed by atoms with Gasteiger partial charge in [0.2, 0.25) is 5.91 Å². The van der Waals surface area contributed by atoms with Crippen LogP contribution in [0, 0.1) is 5.41 Å². The monoisotopic (exact) mass is 335 g/mol. The zero-order chi connectivity index (χ0) is 17.2. The number of hydrogen-bond acceptors (Lipinski definition) is 5. The molecule has 2 heterocycles. The summed E-state index contributed by atoms with van der Waals surface area (Å²) in [4.78, 5) is 25.7. The van der Waals surface area contributed by atoms with Gasteiger partial charge in [0.15, 0.2) is 11.5 Å². The molecule has 1 fully saturated rings. The second kappa shape index (κ2) is 6.68. The van der Waals surface area contributed by atoms with Crippen molar-refractivity contribution >= 4 is 11.9 Å². The maximum atomic E-state index is 12.5. The number of carbonyl (C=O) groups excluding carboxylic acids is 1. The zero-order valence-electron chi connectivity index (χ0n) is 13.6. The largest absolute Gasteiger partial charge is 0.486 e. The summed E-state index contributed by atoms with van der Waals surface area (Å²) in [5, 5.41) is 9.47. The number of likely N-dealkylation sites (tertiary alicyclic amines) is 1. The third-order valence-corrected chi connectivity index (χ3v) is 4.54. The minimum absolute atomic E-state index is 0.0918. The van der Waals surface area contributed by atoms with Gasteiger partial charge in [0.25, 0.3) is 0 Å². The molecule has 1 aromatic rings. The van der Waals surface area contributed by atoms with Crippen molar-refractivity contribution in [3.05, 3.63) is 23.8 Å². The molecule has 1 atom stereocenters. The number of benzene rings is 1. The molecule has 2 aliphatic rings. The zero-order valence-corrected chi connectivity index (χ0v) is 13.6. The Morgan fingerprint density at radius 2 is 2.04 bits per heavy atom. The summed E-state index contributed by atoms with van der Waals surface area (Å²) < 4.78 is 16.0. The average Bonchev–Trinajstić information content (AvgIpc) is 3.01. The highest BCUT2D eigenvalue weighted by molar-refractivity contribution is 5.82. The molecule has 0 unspecified atom stereocenters. The van der Waals surface area contributed by atoms with Gasteiger partial charge in [0.1, 0.15) is 18.6 Å². The number of rotatable bonds is 5. The summed E-state index contributed by atoms with van der Waals surface area (Å²) in [6.45, 7) is 1.74. The van der Waals surface area contributed by atoms with Crippen molar-refractivity contribution in [2.75, 3.05) is 40.0 Å². The van der Waals surface area contributed by atoms with Gasteiger partial charge >= 0.3 is 5.97 Å². The normalized spacial score (nSPS) is 22.5. The van der Waals surface area contributed by atoms with E-state index in [0.717, 1.165) is 5.56 Å². The Balaban J connectivity index is 1.66. The van der Waals surface area contributed by atoms with E-state index in [4.69, 9.17) is 14.2 Å². The maximum absolute atomic E-state index is 12.5. The van der Waals surface area contributed by atoms with Crippen LogP contribution in [0.2, 0.25) is 0 Å². The molecule has 7 nitrogen and oxygen atoms in total. The number of methoxy groups -OCH3 is 1. The molecule has 0 saturated carbocycles. The van der Waals surface area contributed by atoms with Crippen LogP contribution in [0.25, 0.3) is 0 Å². The molecule has 1 aromatic carbocycles. The molecule has 1 N–H and O–H groups in total. The van der Waals surface area contributed by atoms with Crippen molar-refractivity contribution < 1.29 is 28.9 Å². The molecular weight excluding hydrogens is 314 g/mol. The summed E-state index contributed by atoms with van der Waals surface area (Å²) in [5.41, 5.74) is -0.180. The van der Waals surface area contributed by atoms with E-state index in [1.165, 1.54) is 7.11 Å². The number of ether oxygens (including phenoxy) is 3. The van der Waals surface area contributed by atoms with Gasteiger partial charge in [-0.15, -0.1) is 0 Å². The lowest BCUT2D eigenvalue weighted by Crippen LogP contribution is -2.40. The van der Waals surface area contributed by atoms with E-state index in [0.29, 0.717) is 37.7 Å². The quantitative estimate of drug-likeness (QED) is 0.862. The molecule has 0 aliphatic carbocycles. The molecule has 24 heavy (non-hydrogen) atoms. The Morgan fingerprint density at radius 1 is 1.29 bits per heavy atom. The first kappa shape index (κ1) is 16.6. The molecule has 0 bridgehead atoms. The maximum Gasteiger partial charge on any atom is 0.313 e. The minimum Gasteiger partial charge on any atom is -0.486 e. The molecule has 2 aliphatic heterocycles. The SMILES string of the molecule is COC[C@]1(C(=O)O)CCN(C(=O)Cc2ccc3c(c2)OCCO3)C1. The number of fused-ring (bicyclic) bond motifs is 1. The highest BCUT2D eigenvalue weighted by Crippen LogP contribution is 2.33. The van der Waals surface area contributed by atoms with Gasteiger partial charge in [0.05, 0.1) is 13.0 Å². The Morgan fingerprint density at radius 3 is 2.75 bits per heavy atom. The third kappa shape index (κ3) is 3.17. The Bertz CT molecular complexity index is 646. The van der Waals surface area contributed by atoms with Crippen LogP contribution < -0.4 is 9.47 Å². The van der Waals surface area contributed by atoms with E-state index >= 15 is 0 Å². The van der Waals surface area contributed by atoms with Crippen molar-refractivity contribution in [1.82, 2.24) is 4.90 Å². The van der Waals surface area contributed by atoms with Crippen molar-refractivity contribution in [2.45, 2.75) is 12.8 Å². The molecule has 3 rings (SSSR count). The molecule has 0 radical (unpaired) electrons. The number of carboxylic acid groups (broad SMARTS) is 1. The summed E-state index contributed by atoms with van der Waals surface area (Å²) in [5.74, 6) is 0.320. The lowest BCUT2D eigenvalue weighted by molar-refractivity contribution is -0.151. The van der Waals surface area contributed by atoms with E-state index in [-0.39, 0.29) is 25.5 Å². The molecule has 1 amide bonds. The van der Waals surface area contributed by atoms with Crippen LogP contribution in [0.1, 0.15) is 12.0 Å². The number of aliphatic carboxylic acids is 1. The van der Waals surface area contributed by atoms with Crippen molar-refractivity contribution in [1.29, 1.82) is 0 Å². The first-order valence-electron chi connectivity index (χ1n) is 7.93. The fourth-order valence-corrected chi connectivity index (χ4v) is 3.20. The van der Waals surface area contributed by atoms with E-state index < -0.39 is 11.4 Å². The highest BCUT2D eigenvalue weighted by Gasteiger charge is 2.46. The highest BCUT2D eigenvalue weighted by atomic mass is 16.6. The van der Waals surface area contributed by atoms with Gasteiger partial charge in [-0.25, -0.2) is 0 Å². The summed E-state index contributed by atoms with van der Waals surface area (Å²) in [6, 6.07) is 5.44. The molecule has 0 spiro atoms. The van der Waals surface area contributed by atoms with Crippen LogP contribution in [0.5, 0.6) is 11.5 Å². The summed E-state index contributed by atoms with van der Waals surface area (Å²) >= 11 is 0. The van der Waals surface area contributed by atoms with Crippen molar-refractivity contribution in [2.24, 2.45) is 5.41 Å². The fourth-order valence-electron chi connectivity index (χ4n) is 3.20. The smallest absolute Gasteiger partial charge is 0.313 e. The molecule has 130 valence electrons. The predicted octanol–water partition coefficient (Wildman–Crippen LogP) is 0.950. The van der Waals surface area contributed by atoms with Crippen LogP contribution in [-0.4, -0.2) is 61.9 Å².